The first-order valence-corrected chi connectivity index (χ1v) is 32.6. The van der Waals surface area contributed by atoms with Crippen LogP contribution in [0, 0.1) is 12.2 Å². The molecule has 2 aliphatic carbocycles. The molecule has 0 amide bonds. The van der Waals surface area contributed by atoms with Gasteiger partial charge in [0.1, 0.15) is 0 Å². The van der Waals surface area contributed by atoms with Crippen LogP contribution in [0.3, 0.4) is 0 Å². The Bertz CT molecular complexity index is 3410. The molecule has 4 heteroatoms. The summed E-state index contributed by atoms with van der Waals surface area (Å²) in [6, 6.07) is 74.6. The molecule has 0 saturated heterocycles. The van der Waals surface area contributed by atoms with Gasteiger partial charge in [0, 0.05) is 0 Å². The van der Waals surface area contributed by atoms with Crippen molar-refractivity contribution in [3.8, 4) is 0 Å². The predicted octanol–water partition coefficient (Wildman–Crippen LogP) is 16.4. The summed E-state index contributed by atoms with van der Waals surface area (Å²) < 4.78 is 2.83. The Hall–Kier alpha value is -5.45. The van der Waals surface area contributed by atoms with E-state index in [0.717, 1.165) is 25.7 Å². The van der Waals surface area contributed by atoms with Crippen LogP contribution in [0.1, 0.15) is 167 Å². The monoisotopic (exact) mass is 1320 g/mol. The minimum atomic E-state index is 0. The third-order valence-electron chi connectivity index (χ3n) is 15.4. The predicted molar refractivity (Wildman–Crippen MR) is 363 cm³/mol. The van der Waals surface area contributed by atoms with Crippen LogP contribution in [0.15, 0.2) is 242 Å². The van der Waals surface area contributed by atoms with Crippen molar-refractivity contribution in [3.05, 3.63) is 298 Å². The van der Waals surface area contributed by atoms with Gasteiger partial charge >= 0.3 is 198 Å². The number of hydrogen-bond acceptors (Lipinski definition) is 0. The topological polar surface area (TPSA) is 0 Å². The number of allylic oxidation sites excluding steroid dienone is 8. The van der Waals surface area contributed by atoms with Gasteiger partial charge in [-0.15, -0.1) is 92.3 Å². The van der Waals surface area contributed by atoms with Gasteiger partial charge in [0.05, 0.1) is 0 Å². The van der Waals surface area contributed by atoms with Gasteiger partial charge in [-0.3, -0.25) is 12.2 Å². The van der Waals surface area contributed by atoms with Gasteiger partial charge in [0.2, 0.25) is 0 Å². The van der Waals surface area contributed by atoms with E-state index in [1.807, 2.05) is 0 Å². The molecular weight excluding hydrogens is 1240 g/mol. The van der Waals surface area contributed by atoms with Crippen molar-refractivity contribution in [2.75, 3.05) is 0 Å². The Morgan fingerprint density at radius 1 is 0.349 bits per heavy atom. The van der Waals surface area contributed by atoms with Crippen molar-refractivity contribution in [2.45, 2.75) is 144 Å². The molecule has 12 rings (SSSR count). The maximum absolute atomic E-state index is 3.21. The molecule has 0 heterocycles. The third kappa shape index (κ3) is 20.3. The molecule has 0 saturated carbocycles. The van der Waals surface area contributed by atoms with Gasteiger partial charge in [-0.2, -0.15) is 12.2 Å². The second kappa shape index (κ2) is 32.7. The van der Waals surface area contributed by atoms with Crippen molar-refractivity contribution in [1.82, 2.24) is 0 Å². The minimum absolute atomic E-state index is 0. The molecule has 440 valence electrons. The van der Waals surface area contributed by atoms with Crippen LogP contribution in [0.25, 0.3) is 43.1 Å². The Balaban J connectivity index is 0.000000195. The third-order valence-corrected chi connectivity index (χ3v) is 18.3. The summed E-state index contributed by atoms with van der Waals surface area (Å²) in [5, 5.41) is 11.0. The Kier molecular flexibility index (Phi) is 27.1. The average Bonchev–Trinajstić information content (AvgIpc) is 2.64. The molecule has 0 nitrogen and oxygen atoms in total. The zero-order valence-electron chi connectivity index (χ0n) is 53.5. The Morgan fingerprint density at radius 3 is 0.733 bits per heavy atom. The van der Waals surface area contributed by atoms with E-state index in [4.69, 9.17) is 0 Å². The molecule has 2 aliphatic rings. The van der Waals surface area contributed by atoms with Crippen LogP contribution >= 0.6 is 0 Å². The van der Waals surface area contributed by atoms with Crippen molar-refractivity contribution in [2.24, 2.45) is 0 Å². The molecule has 0 aliphatic heterocycles. The van der Waals surface area contributed by atoms with Crippen molar-refractivity contribution < 1.29 is 73.3 Å². The van der Waals surface area contributed by atoms with Crippen LogP contribution < -0.4 is 24.8 Å². The zero-order valence-corrected chi connectivity index (χ0v) is 60.0. The van der Waals surface area contributed by atoms with E-state index in [-0.39, 0.29) is 46.5 Å². The fraction of sp³-hybridized carbons (Fsp3) is 0.268. The molecule has 86 heavy (non-hydrogen) atoms. The second-order valence-corrected chi connectivity index (χ2v) is 28.5. The first-order chi connectivity index (χ1) is 39.9. The van der Waals surface area contributed by atoms with E-state index < -0.39 is 0 Å². The van der Waals surface area contributed by atoms with Crippen LogP contribution in [0.4, 0.5) is 0 Å². The van der Waals surface area contributed by atoms with E-state index in [1.165, 1.54) is 154 Å². The van der Waals surface area contributed by atoms with Crippen molar-refractivity contribution >= 4 is 49.5 Å². The van der Waals surface area contributed by atoms with Crippen LogP contribution in [-0.2, 0) is 70.1 Å². The molecule has 0 unspecified atom stereocenters. The quantitative estimate of drug-likeness (QED) is 0.146. The molecule has 0 radical (unpaired) electrons. The van der Waals surface area contributed by atoms with Gasteiger partial charge < -0.3 is 24.8 Å². The standard InChI is InChI=1S/2C21H25.2C13H10.2C7H9.2ClH.2Zr/c2*1-20(2,3)16-7-9-18-14(12-16)11-15-13-17(21(4,5)6)8-10-19(15)18;2*1-3-7-12(8-4-1)11-13-9-5-2-6-10-13;2*1-2-7-5-3-4-6-7;;;;/h2*7-13H,1-6H3;2*1-10H;2*3,5H,2,4H2,1H3;2*1H;;/q2*-1;;;2*-1;;;2*+2/p-2. The average molecular weight is 1330 g/mol. The first-order valence-electron chi connectivity index (χ1n) is 30.1. The van der Waals surface area contributed by atoms with E-state index in [9.17, 15) is 0 Å². The van der Waals surface area contributed by atoms with Crippen molar-refractivity contribution in [3.63, 3.8) is 0 Å². The fourth-order valence-electron chi connectivity index (χ4n) is 10.0. The summed E-state index contributed by atoms with van der Waals surface area (Å²) >= 11 is 2.92. The number of benzene rings is 8. The van der Waals surface area contributed by atoms with Crippen molar-refractivity contribution in [1.29, 1.82) is 0 Å². The molecule has 0 fully saturated rings. The SMILES string of the molecule is CC(C)(C)c1ccc2c(c1)[cH-]c1cc(C(C)(C)C)ccc12.CC(C)(C)c1ccc2c(c1)[cH-]c1cc(C(C)(C)C)ccc12.CCC1=[C-]CC=C1.CCC1=[C-]CC=C1.[Cl-].[Cl-].[Zr+2]=[C](c1ccccc1)c1ccccc1.[Zr+2]=[C](c1ccccc1)c1ccccc1. The van der Waals surface area contributed by atoms with Crippen LogP contribution in [-0.4, -0.2) is 6.41 Å². The second-order valence-electron chi connectivity index (χ2n) is 26.0. The molecule has 0 bridgehead atoms. The van der Waals surface area contributed by atoms with Crippen LogP contribution in [0.2, 0.25) is 0 Å². The molecular formula is C82H88Cl2Zr2-2. The normalized spacial score (nSPS) is 12.5. The molecule has 0 spiro atoms. The van der Waals surface area contributed by atoms with E-state index in [0.29, 0.717) is 0 Å². The number of halogens is 2. The van der Waals surface area contributed by atoms with E-state index >= 15 is 0 Å². The van der Waals surface area contributed by atoms with E-state index in [2.05, 4.69) is 340 Å². The van der Waals surface area contributed by atoms with Gasteiger partial charge in [0.15, 0.2) is 0 Å². The number of hydrogen-bond donors (Lipinski definition) is 0. The Labute approximate surface area is 560 Å². The Morgan fingerprint density at radius 2 is 0.570 bits per heavy atom. The summed E-state index contributed by atoms with van der Waals surface area (Å²) in [6.45, 7) is 31.6. The summed E-state index contributed by atoms with van der Waals surface area (Å²) in [4.78, 5) is 0. The maximum atomic E-state index is 3.21. The number of rotatable bonds is 6. The molecule has 0 aromatic heterocycles. The van der Waals surface area contributed by atoms with Crippen LogP contribution in [0.5, 0.6) is 0 Å². The van der Waals surface area contributed by atoms with Gasteiger partial charge in [0.25, 0.3) is 0 Å². The summed E-state index contributed by atoms with van der Waals surface area (Å²) in [7, 11) is 0. The first kappa shape index (κ1) is 71.3. The fourth-order valence-corrected chi connectivity index (χ4v) is 11.7. The summed E-state index contributed by atoms with van der Waals surface area (Å²) in [6.07, 6.45) is 19.3. The molecule has 10 aromatic rings. The number of fused-ring (bicyclic) bond motifs is 6. The zero-order chi connectivity index (χ0) is 60.7. The molecule has 0 N–H and O–H groups in total. The summed E-state index contributed by atoms with van der Waals surface area (Å²) in [5.41, 5.74) is 14.5. The van der Waals surface area contributed by atoms with E-state index in [1.54, 1.807) is 0 Å². The van der Waals surface area contributed by atoms with Gasteiger partial charge in [-0.25, -0.2) is 23.3 Å². The van der Waals surface area contributed by atoms with Gasteiger partial charge in [-0.1, -0.05) is 181 Å². The molecule has 0 atom stereocenters. The summed E-state index contributed by atoms with van der Waals surface area (Å²) in [5.74, 6) is 0. The molecule has 10 aromatic carbocycles. The van der Waals surface area contributed by atoms with Gasteiger partial charge in [-0.05, 0) is 21.7 Å².